The van der Waals surface area contributed by atoms with Crippen LogP contribution in [0.5, 0.6) is 0 Å². The van der Waals surface area contributed by atoms with Gasteiger partial charge in [-0.2, -0.15) is 0 Å². The molecule has 84 valence electrons. The van der Waals surface area contributed by atoms with Crippen molar-refractivity contribution in [3.05, 3.63) is 47.2 Å². The normalized spacial score (nSPS) is 11.1. The Kier molecular flexibility index (Phi) is 4.00. The summed E-state index contributed by atoms with van der Waals surface area (Å²) in [7, 11) is 1.41. The zero-order valence-corrected chi connectivity index (χ0v) is 9.61. The van der Waals surface area contributed by atoms with Crippen molar-refractivity contribution in [3.63, 3.8) is 0 Å². The number of aryl methyl sites for hydroxylation is 1. The van der Waals surface area contributed by atoms with Gasteiger partial charge in [-0.15, -0.1) is 0 Å². The van der Waals surface area contributed by atoms with E-state index in [1.54, 1.807) is 12.1 Å². The van der Waals surface area contributed by atoms with Gasteiger partial charge in [0.15, 0.2) is 11.6 Å². The van der Waals surface area contributed by atoms with Crippen molar-refractivity contribution in [1.29, 1.82) is 0 Å². The predicted octanol–water partition coefficient (Wildman–Crippen LogP) is 2.30. The van der Waals surface area contributed by atoms with Gasteiger partial charge < -0.3 is 4.74 Å². The molecule has 0 aromatic heterocycles. The molecule has 0 bridgehead atoms. The molecule has 0 fully saturated rings. The number of ketones is 2. The van der Waals surface area contributed by atoms with E-state index in [1.165, 1.54) is 20.3 Å². The number of rotatable bonds is 4. The minimum atomic E-state index is -0.311. The van der Waals surface area contributed by atoms with Crippen LogP contribution >= 0.6 is 0 Å². The first kappa shape index (κ1) is 12.2. The van der Waals surface area contributed by atoms with Crippen LogP contribution in [0, 0.1) is 6.92 Å². The predicted molar refractivity (Wildman–Crippen MR) is 61.3 cm³/mol. The van der Waals surface area contributed by atoms with Gasteiger partial charge in [-0.1, -0.05) is 29.8 Å². The van der Waals surface area contributed by atoms with Crippen LogP contribution in [-0.2, 0) is 9.53 Å². The number of ether oxygens (including phenoxy) is 1. The van der Waals surface area contributed by atoms with E-state index in [4.69, 9.17) is 4.74 Å². The molecule has 16 heavy (non-hydrogen) atoms. The molecule has 1 aromatic carbocycles. The molecule has 0 aliphatic rings. The molecule has 0 heterocycles. The Morgan fingerprint density at radius 3 is 2.19 bits per heavy atom. The first-order valence-electron chi connectivity index (χ1n) is 4.91. The van der Waals surface area contributed by atoms with Gasteiger partial charge in [0.2, 0.25) is 0 Å². The van der Waals surface area contributed by atoms with E-state index in [1.807, 2.05) is 19.1 Å². The number of carbonyl (C=O) groups is 2. The number of carbonyl (C=O) groups excluding carboxylic acids is 2. The van der Waals surface area contributed by atoms with E-state index in [-0.39, 0.29) is 17.1 Å². The first-order valence-corrected chi connectivity index (χ1v) is 4.91. The zero-order valence-electron chi connectivity index (χ0n) is 9.61. The van der Waals surface area contributed by atoms with Gasteiger partial charge in [-0.25, -0.2) is 0 Å². The largest absolute Gasteiger partial charge is 0.503 e. The maximum absolute atomic E-state index is 11.9. The quantitative estimate of drug-likeness (QED) is 0.256. The molecule has 0 N–H and O–H groups in total. The fraction of sp³-hybridized carbons (Fsp3) is 0.231. The summed E-state index contributed by atoms with van der Waals surface area (Å²) in [6, 6.07) is 7.06. The van der Waals surface area contributed by atoms with Crippen LogP contribution in [0.2, 0.25) is 0 Å². The van der Waals surface area contributed by atoms with Gasteiger partial charge >= 0.3 is 0 Å². The maximum Gasteiger partial charge on any atom is 0.199 e. The highest BCUT2D eigenvalue weighted by molar-refractivity contribution is 6.25. The highest BCUT2D eigenvalue weighted by atomic mass is 16.5. The van der Waals surface area contributed by atoms with E-state index < -0.39 is 0 Å². The monoisotopic (exact) mass is 218 g/mol. The molecule has 3 nitrogen and oxygen atoms in total. The lowest BCUT2D eigenvalue weighted by Gasteiger charge is -2.03. The van der Waals surface area contributed by atoms with E-state index in [9.17, 15) is 9.59 Å². The van der Waals surface area contributed by atoms with Crippen LogP contribution in [0.1, 0.15) is 22.8 Å². The van der Waals surface area contributed by atoms with E-state index in [0.717, 1.165) is 5.56 Å². The van der Waals surface area contributed by atoms with Crippen molar-refractivity contribution in [3.8, 4) is 0 Å². The molecule has 0 aliphatic heterocycles. The summed E-state index contributed by atoms with van der Waals surface area (Å²) < 4.78 is 4.73. The Morgan fingerprint density at radius 1 is 1.19 bits per heavy atom. The molecule has 0 radical (unpaired) electrons. The summed E-state index contributed by atoms with van der Waals surface area (Å²) in [6.07, 6.45) is 1.19. The summed E-state index contributed by atoms with van der Waals surface area (Å²) in [6.45, 7) is 3.28. The van der Waals surface area contributed by atoms with Crippen molar-refractivity contribution in [2.75, 3.05) is 7.11 Å². The summed E-state index contributed by atoms with van der Waals surface area (Å²) >= 11 is 0. The van der Waals surface area contributed by atoms with Crippen molar-refractivity contribution in [2.24, 2.45) is 0 Å². The highest BCUT2D eigenvalue weighted by Crippen LogP contribution is 2.10. The Morgan fingerprint density at radius 2 is 1.75 bits per heavy atom. The van der Waals surface area contributed by atoms with Crippen LogP contribution in [0.25, 0.3) is 0 Å². The van der Waals surface area contributed by atoms with Gasteiger partial charge in [0, 0.05) is 5.56 Å². The lowest BCUT2D eigenvalue weighted by Crippen LogP contribution is -2.11. The van der Waals surface area contributed by atoms with E-state index in [2.05, 4.69) is 0 Å². The molecule has 0 unspecified atom stereocenters. The second kappa shape index (κ2) is 5.26. The number of methoxy groups -OCH3 is 1. The fourth-order valence-corrected chi connectivity index (χ4v) is 1.27. The Labute approximate surface area is 94.7 Å². The molecular formula is C13H14O3. The van der Waals surface area contributed by atoms with Crippen LogP contribution in [0.4, 0.5) is 0 Å². The maximum atomic E-state index is 11.9. The summed E-state index contributed by atoms with van der Waals surface area (Å²) in [5.74, 6) is -0.609. The number of hydrogen-bond donors (Lipinski definition) is 0. The minimum Gasteiger partial charge on any atom is -0.503 e. The average molecular weight is 218 g/mol. The molecule has 0 amide bonds. The van der Waals surface area contributed by atoms with E-state index >= 15 is 0 Å². The standard InChI is InChI=1S/C13H14O3/c1-9-4-6-11(7-5-9)13(15)12(8-16-3)10(2)14/h4-8H,1-3H3/b12-8+. The third kappa shape index (κ3) is 2.79. The minimum absolute atomic E-state index is 0.0614. The summed E-state index contributed by atoms with van der Waals surface area (Å²) in [5, 5.41) is 0. The Balaban J connectivity index is 3.05. The number of hydrogen-bond acceptors (Lipinski definition) is 3. The third-order valence-corrected chi connectivity index (χ3v) is 2.17. The summed E-state index contributed by atoms with van der Waals surface area (Å²) in [5.41, 5.74) is 1.62. The highest BCUT2D eigenvalue weighted by Gasteiger charge is 2.16. The molecule has 0 atom stereocenters. The molecule has 3 heteroatoms. The number of allylic oxidation sites excluding steroid dienone is 1. The van der Waals surface area contributed by atoms with Crippen molar-refractivity contribution < 1.29 is 14.3 Å². The van der Waals surface area contributed by atoms with Crippen LogP contribution < -0.4 is 0 Å². The average Bonchev–Trinajstić information content (AvgIpc) is 2.25. The SMILES string of the molecule is CO/C=C(\C(C)=O)C(=O)c1ccc(C)cc1. The zero-order chi connectivity index (χ0) is 12.1. The Bertz CT molecular complexity index is 427. The second-order valence-electron chi connectivity index (χ2n) is 3.52. The lowest BCUT2D eigenvalue weighted by atomic mass is 10.0. The summed E-state index contributed by atoms with van der Waals surface area (Å²) in [4.78, 5) is 23.2. The molecule has 1 aromatic rings. The molecule has 0 saturated heterocycles. The topological polar surface area (TPSA) is 43.4 Å². The fourth-order valence-electron chi connectivity index (χ4n) is 1.27. The van der Waals surface area contributed by atoms with Crippen LogP contribution in [0.15, 0.2) is 36.1 Å². The molecular weight excluding hydrogens is 204 g/mol. The third-order valence-electron chi connectivity index (χ3n) is 2.17. The molecule has 0 saturated carbocycles. The second-order valence-corrected chi connectivity index (χ2v) is 3.52. The van der Waals surface area contributed by atoms with Gasteiger partial charge in [0.05, 0.1) is 18.9 Å². The molecule has 0 aliphatic carbocycles. The molecule has 1 rings (SSSR count). The lowest BCUT2D eigenvalue weighted by molar-refractivity contribution is -0.113. The smallest absolute Gasteiger partial charge is 0.199 e. The van der Waals surface area contributed by atoms with Gasteiger partial charge in [-0.3, -0.25) is 9.59 Å². The van der Waals surface area contributed by atoms with Gasteiger partial charge in [0.25, 0.3) is 0 Å². The van der Waals surface area contributed by atoms with Gasteiger partial charge in [0.1, 0.15) is 0 Å². The van der Waals surface area contributed by atoms with Crippen LogP contribution in [0.3, 0.4) is 0 Å². The van der Waals surface area contributed by atoms with Crippen LogP contribution in [-0.4, -0.2) is 18.7 Å². The van der Waals surface area contributed by atoms with E-state index in [0.29, 0.717) is 5.56 Å². The number of benzene rings is 1. The Hall–Kier alpha value is -1.90. The molecule has 0 spiro atoms. The van der Waals surface area contributed by atoms with Crippen molar-refractivity contribution in [1.82, 2.24) is 0 Å². The van der Waals surface area contributed by atoms with Gasteiger partial charge in [-0.05, 0) is 13.8 Å². The van der Waals surface area contributed by atoms with Crippen molar-refractivity contribution >= 4 is 11.6 Å². The van der Waals surface area contributed by atoms with Crippen molar-refractivity contribution in [2.45, 2.75) is 13.8 Å². The number of Topliss-reactive ketones (excluding diaryl/α,β-unsaturated/α-hetero) is 2. The first-order chi connectivity index (χ1) is 7.56.